The first-order valence-corrected chi connectivity index (χ1v) is 8.39. The summed E-state index contributed by atoms with van der Waals surface area (Å²) in [4.78, 5) is 17.2. The van der Waals surface area contributed by atoms with Gasteiger partial charge in [-0.2, -0.15) is 0 Å². The molecule has 120 valence electrons. The van der Waals surface area contributed by atoms with E-state index in [-0.39, 0.29) is 17.9 Å². The molecule has 2 fully saturated rings. The number of amides is 1. The third-order valence-electron chi connectivity index (χ3n) is 5.02. The standard InChI is InChI=1S/C18H26N2O2/c1-13-5-6-17(19-8-3-4-9-19)16(11-13)18(22)20-10-7-15(12-20)14(2)21/h5-6,11,14-15,21H,3-4,7-10,12H2,1-2H3. The maximum absolute atomic E-state index is 13.0. The number of hydrogen-bond acceptors (Lipinski definition) is 3. The summed E-state index contributed by atoms with van der Waals surface area (Å²) in [5.41, 5.74) is 3.03. The molecular formula is C18H26N2O2. The van der Waals surface area contributed by atoms with Crippen LogP contribution in [0.1, 0.15) is 42.1 Å². The monoisotopic (exact) mass is 302 g/mol. The van der Waals surface area contributed by atoms with Gasteiger partial charge in [-0.3, -0.25) is 4.79 Å². The molecule has 0 spiro atoms. The van der Waals surface area contributed by atoms with Crippen molar-refractivity contribution in [3.05, 3.63) is 29.3 Å². The molecule has 0 aromatic heterocycles. The molecule has 1 amide bonds. The molecule has 1 aromatic carbocycles. The summed E-state index contributed by atoms with van der Waals surface area (Å²) < 4.78 is 0. The zero-order valence-corrected chi connectivity index (χ0v) is 13.6. The van der Waals surface area contributed by atoms with Crippen LogP contribution in [-0.4, -0.2) is 48.2 Å². The number of carbonyl (C=O) groups excluding carboxylic acids is 1. The first-order chi connectivity index (χ1) is 10.6. The van der Waals surface area contributed by atoms with Gasteiger partial charge in [-0.25, -0.2) is 0 Å². The fourth-order valence-electron chi connectivity index (χ4n) is 3.59. The maximum Gasteiger partial charge on any atom is 0.255 e. The molecule has 2 aliphatic rings. The van der Waals surface area contributed by atoms with Crippen molar-refractivity contribution in [2.75, 3.05) is 31.1 Å². The molecule has 0 saturated carbocycles. The van der Waals surface area contributed by atoms with Crippen LogP contribution in [0.2, 0.25) is 0 Å². The van der Waals surface area contributed by atoms with Crippen molar-refractivity contribution in [2.45, 2.75) is 39.2 Å². The van der Waals surface area contributed by atoms with Crippen LogP contribution >= 0.6 is 0 Å². The molecule has 1 aromatic rings. The van der Waals surface area contributed by atoms with Crippen molar-refractivity contribution in [3.8, 4) is 0 Å². The zero-order chi connectivity index (χ0) is 15.7. The minimum Gasteiger partial charge on any atom is -0.393 e. The highest BCUT2D eigenvalue weighted by Gasteiger charge is 2.31. The van der Waals surface area contributed by atoms with Crippen molar-refractivity contribution in [1.82, 2.24) is 4.90 Å². The van der Waals surface area contributed by atoms with E-state index in [1.807, 2.05) is 24.8 Å². The van der Waals surface area contributed by atoms with E-state index >= 15 is 0 Å². The third-order valence-corrected chi connectivity index (χ3v) is 5.02. The van der Waals surface area contributed by atoms with E-state index in [1.165, 1.54) is 12.8 Å². The van der Waals surface area contributed by atoms with Crippen molar-refractivity contribution >= 4 is 11.6 Å². The second-order valence-corrected chi connectivity index (χ2v) is 6.76. The molecule has 4 nitrogen and oxygen atoms in total. The summed E-state index contributed by atoms with van der Waals surface area (Å²) >= 11 is 0. The van der Waals surface area contributed by atoms with Crippen LogP contribution < -0.4 is 4.90 Å². The van der Waals surface area contributed by atoms with Crippen LogP contribution in [0.15, 0.2) is 18.2 Å². The summed E-state index contributed by atoms with van der Waals surface area (Å²) in [5.74, 6) is 0.331. The number of likely N-dealkylation sites (tertiary alicyclic amines) is 1. The highest BCUT2D eigenvalue weighted by molar-refractivity contribution is 6.00. The van der Waals surface area contributed by atoms with Gasteiger partial charge in [-0.05, 0) is 45.2 Å². The fourth-order valence-corrected chi connectivity index (χ4v) is 3.59. The second-order valence-electron chi connectivity index (χ2n) is 6.76. The Kier molecular flexibility index (Phi) is 4.39. The Balaban J connectivity index is 1.84. The summed E-state index contributed by atoms with van der Waals surface area (Å²) in [6.45, 7) is 7.36. The number of anilines is 1. The number of aryl methyl sites for hydroxylation is 1. The normalized spacial score (nSPS) is 23.1. The van der Waals surface area contributed by atoms with Crippen LogP contribution in [0.5, 0.6) is 0 Å². The van der Waals surface area contributed by atoms with Crippen LogP contribution in [0.25, 0.3) is 0 Å². The summed E-state index contributed by atoms with van der Waals surface area (Å²) in [5, 5.41) is 9.75. The number of aliphatic hydroxyl groups excluding tert-OH is 1. The van der Waals surface area contributed by atoms with E-state index < -0.39 is 0 Å². The SMILES string of the molecule is Cc1ccc(N2CCCC2)c(C(=O)N2CCC(C(C)O)C2)c1. The first-order valence-electron chi connectivity index (χ1n) is 8.39. The molecule has 0 radical (unpaired) electrons. The van der Waals surface area contributed by atoms with Gasteiger partial charge in [0.05, 0.1) is 11.7 Å². The molecule has 1 N–H and O–H groups in total. The summed E-state index contributed by atoms with van der Waals surface area (Å²) in [6, 6.07) is 6.20. The molecule has 3 rings (SSSR count). The van der Waals surface area contributed by atoms with Crippen LogP contribution in [0.4, 0.5) is 5.69 Å². The molecule has 2 heterocycles. The lowest BCUT2D eigenvalue weighted by atomic mass is 10.0. The quantitative estimate of drug-likeness (QED) is 0.932. The predicted octanol–water partition coefficient (Wildman–Crippen LogP) is 2.44. The van der Waals surface area contributed by atoms with E-state index in [0.29, 0.717) is 6.54 Å². The lowest BCUT2D eigenvalue weighted by Gasteiger charge is -2.24. The highest BCUT2D eigenvalue weighted by atomic mass is 16.3. The van der Waals surface area contributed by atoms with E-state index in [9.17, 15) is 9.90 Å². The number of benzene rings is 1. The van der Waals surface area contributed by atoms with Gasteiger partial charge in [0.2, 0.25) is 0 Å². The Bertz CT molecular complexity index is 550. The van der Waals surface area contributed by atoms with Gasteiger partial charge in [0.1, 0.15) is 0 Å². The predicted molar refractivity (Wildman–Crippen MR) is 88.3 cm³/mol. The smallest absolute Gasteiger partial charge is 0.255 e. The Labute approximate surface area is 132 Å². The molecule has 2 aliphatic heterocycles. The van der Waals surface area contributed by atoms with Gasteiger partial charge >= 0.3 is 0 Å². The van der Waals surface area contributed by atoms with Crippen molar-refractivity contribution in [2.24, 2.45) is 5.92 Å². The second kappa shape index (κ2) is 6.29. The number of carbonyl (C=O) groups is 1. The Morgan fingerprint density at radius 3 is 2.64 bits per heavy atom. The van der Waals surface area contributed by atoms with E-state index in [2.05, 4.69) is 17.0 Å². The fraction of sp³-hybridized carbons (Fsp3) is 0.611. The van der Waals surface area contributed by atoms with Crippen molar-refractivity contribution in [3.63, 3.8) is 0 Å². The number of nitrogens with zero attached hydrogens (tertiary/aromatic N) is 2. The molecule has 2 atom stereocenters. The molecular weight excluding hydrogens is 276 g/mol. The Morgan fingerprint density at radius 1 is 1.27 bits per heavy atom. The lowest BCUT2D eigenvalue weighted by Crippen LogP contribution is -2.32. The Hall–Kier alpha value is -1.55. The van der Waals surface area contributed by atoms with E-state index in [1.54, 1.807) is 0 Å². The van der Waals surface area contributed by atoms with Gasteiger partial charge < -0.3 is 14.9 Å². The van der Waals surface area contributed by atoms with Gasteiger partial charge in [0, 0.05) is 37.8 Å². The molecule has 4 heteroatoms. The zero-order valence-electron chi connectivity index (χ0n) is 13.6. The molecule has 2 saturated heterocycles. The number of hydrogen-bond donors (Lipinski definition) is 1. The van der Waals surface area contributed by atoms with E-state index in [0.717, 1.165) is 42.9 Å². The highest BCUT2D eigenvalue weighted by Crippen LogP contribution is 2.29. The average molecular weight is 302 g/mol. The maximum atomic E-state index is 13.0. The molecule has 22 heavy (non-hydrogen) atoms. The van der Waals surface area contributed by atoms with Crippen molar-refractivity contribution in [1.29, 1.82) is 0 Å². The number of rotatable bonds is 3. The minimum atomic E-state index is -0.339. The largest absolute Gasteiger partial charge is 0.393 e. The minimum absolute atomic E-state index is 0.119. The first kappa shape index (κ1) is 15.3. The van der Waals surface area contributed by atoms with Crippen molar-refractivity contribution < 1.29 is 9.90 Å². The number of aliphatic hydroxyl groups is 1. The topological polar surface area (TPSA) is 43.8 Å². The molecule has 0 aliphatic carbocycles. The molecule has 2 unspecified atom stereocenters. The van der Waals surface area contributed by atoms with E-state index in [4.69, 9.17) is 0 Å². The van der Waals surface area contributed by atoms with Crippen LogP contribution in [0.3, 0.4) is 0 Å². The Morgan fingerprint density at radius 2 is 2.00 bits per heavy atom. The lowest BCUT2D eigenvalue weighted by molar-refractivity contribution is 0.0763. The van der Waals surface area contributed by atoms with Gasteiger partial charge in [0.15, 0.2) is 0 Å². The molecule has 0 bridgehead atoms. The van der Waals surface area contributed by atoms with Crippen LogP contribution in [-0.2, 0) is 0 Å². The van der Waals surface area contributed by atoms with Gasteiger partial charge in [0.25, 0.3) is 5.91 Å². The summed E-state index contributed by atoms with van der Waals surface area (Å²) in [6.07, 6.45) is 2.96. The third kappa shape index (κ3) is 2.98. The van der Waals surface area contributed by atoms with Crippen LogP contribution in [0, 0.1) is 12.8 Å². The van der Waals surface area contributed by atoms with Gasteiger partial charge in [-0.1, -0.05) is 11.6 Å². The summed E-state index contributed by atoms with van der Waals surface area (Å²) in [7, 11) is 0. The average Bonchev–Trinajstić information content (AvgIpc) is 3.18. The van der Waals surface area contributed by atoms with Gasteiger partial charge in [-0.15, -0.1) is 0 Å².